The molecule has 0 aliphatic heterocycles. The third-order valence-corrected chi connectivity index (χ3v) is 4.56. The Hall–Kier alpha value is -1.76. The van der Waals surface area contributed by atoms with Crippen molar-refractivity contribution in [1.82, 2.24) is 15.1 Å². The maximum absolute atomic E-state index is 12.4. The van der Waals surface area contributed by atoms with Crippen molar-refractivity contribution in [3.63, 3.8) is 0 Å². The van der Waals surface area contributed by atoms with E-state index in [1.165, 1.54) is 11.0 Å². The van der Waals surface area contributed by atoms with Crippen LogP contribution in [0.3, 0.4) is 0 Å². The fraction of sp³-hybridized carbons (Fsp3) is 0.429. The van der Waals surface area contributed by atoms with Gasteiger partial charge in [-0.15, -0.1) is 0 Å². The van der Waals surface area contributed by atoms with E-state index >= 15 is 0 Å². The Balaban J connectivity index is 0.00000127. The Morgan fingerprint density at radius 1 is 1.22 bits per heavy atom. The molecule has 2 aromatic rings. The zero-order valence-corrected chi connectivity index (χ0v) is 14.3. The van der Waals surface area contributed by atoms with E-state index in [4.69, 9.17) is 9.05 Å². The minimum atomic E-state index is -3.15. The predicted octanol–water partition coefficient (Wildman–Crippen LogP) is 2.64. The van der Waals surface area contributed by atoms with Crippen molar-refractivity contribution in [2.45, 2.75) is 20.1 Å². The smallest absolute Gasteiger partial charge is 0.304 e. The summed E-state index contributed by atoms with van der Waals surface area (Å²) < 4.78 is 33.9. The second kappa shape index (κ2) is 10.1. The van der Waals surface area contributed by atoms with Crippen LogP contribution in [0.25, 0.3) is 11.3 Å². The average molecular weight is 343 g/mol. The Morgan fingerprint density at radius 3 is 2.39 bits per heavy atom. The van der Waals surface area contributed by atoms with Gasteiger partial charge in [0, 0.05) is 17.8 Å². The topological polar surface area (TPSA) is 78.1 Å². The van der Waals surface area contributed by atoms with Gasteiger partial charge in [-0.2, -0.15) is 0 Å². The molecular weight excluding hydrogens is 322 g/mol. The number of nitrogens with zero attached hydrogens (tertiary/aromatic N) is 4. The molecule has 0 fully saturated rings. The van der Waals surface area contributed by atoms with Crippen molar-refractivity contribution in [2.24, 2.45) is 0 Å². The van der Waals surface area contributed by atoms with Gasteiger partial charge in [0.1, 0.15) is 12.5 Å². The van der Waals surface area contributed by atoms with Crippen molar-refractivity contribution in [3.05, 3.63) is 37.1 Å². The zero-order valence-electron chi connectivity index (χ0n) is 13.4. The second-order valence-corrected chi connectivity index (χ2v) is 6.16. The van der Waals surface area contributed by atoms with Crippen LogP contribution >= 0.6 is 7.60 Å². The molecule has 2 heterocycles. The maximum atomic E-state index is 12.4. The van der Waals surface area contributed by atoms with Crippen LogP contribution in [0, 0.1) is 0 Å². The first-order chi connectivity index (χ1) is 11.2. The molecule has 2 aromatic heterocycles. The van der Waals surface area contributed by atoms with Gasteiger partial charge in [0.25, 0.3) is 6.29 Å². The van der Waals surface area contributed by atoms with E-state index in [0.717, 1.165) is 11.3 Å². The SMILES string of the molecule is CCOP(=O)(C[n+]1ccc(-c2ccncn2)cn1)OCC.CF. The molecule has 0 saturated heterocycles. The molecule has 23 heavy (non-hydrogen) atoms. The second-order valence-electron chi connectivity index (χ2n) is 4.14. The number of rotatable bonds is 7. The first-order valence-corrected chi connectivity index (χ1v) is 8.77. The lowest BCUT2D eigenvalue weighted by molar-refractivity contribution is -0.738. The Kier molecular flexibility index (Phi) is 8.47. The summed E-state index contributed by atoms with van der Waals surface area (Å²) in [6, 6.07) is 3.64. The molecule has 0 unspecified atom stereocenters. The number of hydrogen-bond acceptors (Lipinski definition) is 6. The zero-order chi connectivity index (χ0) is 17.1. The van der Waals surface area contributed by atoms with Gasteiger partial charge < -0.3 is 9.05 Å². The summed E-state index contributed by atoms with van der Waals surface area (Å²) >= 11 is 0. The number of alkyl halides is 1. The molecule has 0 N–H and O–H groups in total. The van der Waals surface area contributed by atoms with E-state index in [0.29, 0.717) is 20.4 Å². The number of hydrogen-bond donors (Lipinski definition) is 0. The lowest BCUT2D eigenvalue weighted by Gasteiger charge is -2.12. The average Bonchev–Trinajstić information content (AvgIpc) is 2.58. The van der Waals surface area contributed by atoms with Crippen LogP contribution in [-0.4, -0.2) is 35.5 Å². The monoisotopic (exact) mass is 343 g/mol. The van der Waals surface area contributed by atoms with Crippen molar-refractivity contribution < 1.29 is 22.7 Å². The van der Waals surface area contributed by atoms with E-state index in [1.54, 1.807) is 38.5 Å². The molecule has 2 rings (SSSR count). The summed E-state index contributed by atoms with van der Waals surface area (Å²) in [5, 5.41) is 4.23. The summed E-state index contributed by atoms with van der Waals surface area (Å²) in [5.41, 5.74) is 1.64. The fourth-order valence-electron chi connectivity index (χ4n) is 1.77. The van der Waals surface area contributed by atoms with Crippen LogP contribution in [0.1, 0.15) is 13.8 Å². The van der Waals surface area contributed by atoms with Crippen molar-refractivity contribution in [3.8, 4) is 11.3 Å². The Labute approximate surface area is 135 Å². The largest absolute Gasteiger partial charge is 0.397 e. The lowest BCUT2D eigenvalue weighted by atomic mass is 10.2. The van der Waals surface area contributed by atoms with E-state index in [-0.39, 0.29) is 6.29 Å². The van der Waals surface area contributed by atoms with Gasteiger partial charge in [0.15, 0.2) is 6.20 Å². The van der Waals surface area contributed by atoms with Gasteiger partial charge in [0.05, 0.1) is 26.1 Å². The number of halogens is 1. The molecule has 0 aliphatic rings. The van der Waals surface area contributed by atoms with Crippen LogP contribution in [0.2, 0.25) is 0 Å². The molecule has 0 amide bonds. The quantitative estimate of drug-likeness (QED) is 0.568. The third kappa shape index (κ3) is 6.09. The third-order valence-electron chi connectivity index (χ3n) is 2.62. The molecular formula is C14H21FN4O3P+. The molecule has 0 saturated carbocycles. The van der Waals surface area contributed by atoms with Gasteiger partial charge >= 0.3 is 7.60 Å². The van der Waals surface area contributed by atoms with Crippen molar-refractivity contribution in [1.29, 1.82) is 0 Å². The number of aromatic nitrogens is 4. The molecule has 0 aliphatic carbocycles. The van der Waals surface area contributed by atoms with E-state index < -0.39 is 7.60 Å². The Bertz CT molecular complexity index is 603. The molecule has 0 radical (unpaired) electrons. The first-order valence-electron chi connectivity index (χ1n) is 7.05. The summed E-state index contributed by atoms with van der Waals surface area (Å²) in [7, 11) is -2.65. The highest BCUT2D eigenvalue weighted by Crippen LogP contribution is 2.47. The molecule has 7 nitrogen and oxygen atoms in total. The van der Waals surface area contributed by atoms with Crippen molar-refractivity contribution >= 4 is 7.60 Å². The lowest BCUT2D eigenvalue weighted by Crippen LogP contribution is -2.37. The Morgan fingerprint density at radius 2 is 1.91 bits per heavy atom. The highest BCUT2D eigenvalue weighted by molar-refractivity contribution is 7.52. The molecule has 0 aromatic carbocycles. The minimum absolute atomic E-state index is 0.0821. The van der Waals surface area contributed by atoms with E-state index in [1.807, 2.05) is 6.07 Å². The van der Waals surface area contributed by atoms with E-state index in [2.05, 4.69) is 15.1 Å². The molecule has 0 atom stereocenters. The standard InChI is InChI=1S/C13H18N4O3P.CH3F/c1-3-19-21(18,20-4-2)11-17-8-6-12(9-16-17)13-5-7-14-10-15-13;1-2/h5-10H,3-4,11H2,1-2H3;1H3/q+1;. The highest BCUT2D eigenvalue weighted by Gasteiger charge is 2.30. The van der Waals surface area contributed by atoms with Crippen LogP contribution in [-0.2, 0) is 19.9 Å². The summed E-state index contributed by atoms with van der Waals surface area (Å²) in [6.45, 7) is 4.22. The fourth-order valence-corrected chi connectivity index (χ4v) is 3.32. The first kappa shape index (κ1) is 19.3. The van der Waals surface area contributed by atoms with Crippen LogP contribution in [0.15, 0.2) is 37.1 Å². The predicted molar refractivity (Wildman–Crippen MR) is 83.3 cm³/mol. The normalized spacial score (nSPS) is 10.8. The molecule has 0 spiro atoms. The molecule has 0 bridgehead atoms. The summed E-state index contributed by atoms with van der Waals surface area (Å²) in [5.74, 6) is 0. The minimum Gasteiger partial charge on any atom is -0.304 e. The summed E-state index contributed by atoms with van der Waals surface area (Å²) in [4.78, 5) is 8.02. The van der Waals surface area contributed by atoms with Gasteiger partial charge in [-0.1, -0.05) is 4.68 Å². The molecule has 126 valence electrons. The van der Waals surface area contributed by atoms with Crippen LogP contribution in [0.5, 0.6) is 0 Å². The van der Waals surface area contributed by atoms with E-state index in [9.17, 15) is 8.96 Å². The van der Waals surface area contributed by atoms with Gasteiger partial charge in [-0.05, 0) is 25.0 Å². The van der Waals surface area contributed by atoms with Crippen LogP contribution < -0.4 is 4.68 Å². The maximum Gasteiger partial charge on any atom is 0.397 e. The van der Waals surface area contributed by atoms with Gasteiger partial charge in [-0.3, -0.25) is 8.96 Å². The van der Waals surface area contributed by atoms with Gasteiger partial charge in [-0.25, -0.2) is 9.97 Å². The van der Waals surface area contributed by atoms with Gasteiger partial charge in [0.2, 0.25) is 0 Å². The van der Waals surface area contributed by atoms with Crippen molar-refractivity contribution in [2.75, 3.05) is 20.4 Å². The molecule has 9 heteroatoms. The van der Waals surface area contributed by atoms with Crippen LogP contribution in [0.4, 0.5) is 4.39 Å². The summed E-state index contributed by atoms with van der Waals surface area (Å²) in [6.07, 6.45) is 6.61. The highest BCUT2D eigenvalue weighted by atomic mass is 31.2.